The normalized spacial score (nSPS) is 10.0. The van der Waals surface area contributed by atoms with E-state index < -0.39 is 24.5 Å². The molecule has 0 aromatic carbocycles. The van der Waals surface area contributed by atoms with E-state index in [4.69, 9.17) is 5.11 Å². The minimum absolute atomic E-state index is 0.507. The Labute approximate surface area is 85.8 Å². The van der Waals surface area contributed by atoms with Crippen LogP contribution in [-0.4, -0.2) is 48.8 Å². The Bertz CT molecular complexity index is 285. The summed E-state index contributed by atoms with van der Waals surface area (Å²) in [5.41, 5.74) is 0. The Morgan fingerprint density at radius 3 is 2.40 bits per heavy atom. The number of esters is 1. The molecular formula is C8H11NO6. The molecule has 0 saturated heterocycles. The maximum absolute atomic E-state index is 11.0. The number of ether oxygens (including phenoxy) is 1. The third kappa shape index (κ3) is 6.22. The molecule has 0 heterocycles. The standard InChI is InChI=1S/C8H11NO6/c1-9(14-2)6(10)5-15-8(13)4-3-7(11)12/h3-4H,5H2,1-2H3,(H,11,12)/b4-3+. The fraction of sp³-hybridized carbons (Fsp3) is 0.375. The monoisotopic (exact) mass is 217 g/mol. The molecule has 0 unspecified atom stereocenters. The van der Waals surface area contributed by atoms with Crippen molar-refractivity contribution < 1.29 is 29.1 Å². The maximum Gasteiger partial charge on any atom is 0.331 e. The predicted octanol–water partition coefficient (Wildman–Crippen LogP) is -0.810. The zero-order valence-electron chi connectivity index (χ0n) is 8.30. The zero-order chi connectivity index (χ0) is 11.8. The molecule has 0 aliphatic heterocycles. The zero-order valence-corrected chi connectivity index (χ0v) is 8.30. The minimum atomic E-state index is -1.27. The molecule has 84 valence electrons. The van der Waals surface area contributed by atoms with E-state index in [9.17, 15) is 14.4 Å². The van der Waals surface area contributed by atoms with Crippen molar-refractivity contribution in [3.8, 4) is 0 Å². The van der Waals surface area contributed by atoms with Gasteiger partial charge >= 0.3 is 11.9 Å². The summed E-state index contributed by atoms with van der Waals surface area (Å²) >= 11 is 0. The van der Waals surface area contributed by atoms with E-state index in [1.807, 2.05) is 0 Å². The summed E-state index contributed by atoms with van der Waals surface area (Å²) < 4.78 is 4.42. The number of carbonyl (C=O) groups excluding carboxylic acids is 2. The highest BCUT2D eigenvalue weighted by atomic mass is 16.7. The molecule has 0 aromatic rings. The molecular weight excluding hydrogens is 206 g/mol. The molecule has 0 aliphatic rings. The van der Waals surface area contributed by atoms with Crippen molar-refractivity contribution in [2.24, 2.45) is 0 Å². The highest BCUT2D eigenvalue weighted by Gasteiger charge is 2.09. The molecule has 0 saturated carbocycles. The number of carboxylic acid groups (broad SMARTS) is 1. The second kappa shape index (κ2) is 6.55. The van der Waals surface area contributed by atoms with Crippen molar-refractivity contribution in [3.05, 3.63) is 12.2 Å². The van der Waals surface area contributed by atoms with E-state index in [-0.39, 0.29) is 0 Å². The first kappa shape index (κ1) is 13.1. The summed E-state index contributed by atoms with van der Waals surface area (Å²) in [7, 11) is 2.63. The molecule has 0 fully saturated rings. The van der Waals surface area contributed by atoms with Gasteiger partial charge in [0.05, 0.1) is 7.11 Å². The first-order valence-electron chi connectivity index (χ1n) is 3.85. The predicted molar refractivity (Wildman–Crippen MR) is 47.5 cm³/mol. The molecule has 1 amide bonds. The van der Waals surface area contributed by atoms with E-state index in [1.165, 1.54) is 14.2 Å². The van der Waals surface area contributed by atoms with Gasteiger partial charge in [0.25, 0.3) is 5.91 Å². The molecule has 1 N–H and O–H groups in total. The molecule has 0 radical (unpaired) electrons. The van der Waals surface area contributed by atoms with Crippen molar-refractivity contribution in [2.75, 3.05) is 20.8 Å². The lowest BCUT2D eigenvalue weighted by Crippen LogP contribution is -2.30. The Kier molecular flexibility index (Phi) is 5.72. The van der Waals surface area contributed by atoms with Crippen LogP contribution in [0, 0.1) is 0 Å². The van der Waals surface area contributed by atoms with Gasteiger partial charge in [0.1, 0.15) is 0 Å². The van der Waals surface area contributed by atoms with Crippen LogP contribution in [0.2, 0.25) is 0 Å². The average Bonchev–Trinajstić information content (AvgIpc) is 2.21. The van der Waals surface area contributed by atoms with Gasteiger partial charge < -0.3 is 9.84 Å². The number of hydroxylamine groups is 2. The van der Waals surface area contributed by atoms with Crippen LogP contribution in [-0.2, 0) is 24.0 Å². The van der Waals surface area contributed by atoms with Crippen LogP contribution in [0.25, 0.3) is 0 Å². The van der Waals surface area contributed by atoms with Gasteiger partial charge in [-0.05, 0) is 0 Å². The lowest BCUT2D eigenvalue weighted by molar-refractivity contribution is -0.175. The van der Waals surface area contributed by atoms with Crippen molar-refractivity contribution in [1.29, 1.82) is 0 Å². The molecule has 0 atom stereocenters. The van der Waals surface area contributed by atoms with Crippen LogP contribution in [0.5, 0.6) is 0 Å². The lowest BCUT2D eigenvalue weighted by Gasteiger charge is -2.12. The molecule has 0 aliphatic carbocycles. The maximum atomic E-state index is 11.0. The first-order valence-corrected chi connectivity index (χ1v) is 3.85. The Hall–Kier alpha value is -1.89. The molecule has 0 rings (SSSR count). The van der Waals surface area contributed by atoms with E-state index in [2.05, 4.69) is 9.57 Å². The molecule has 7 heteroatoms. The fourth-order valence-electron chi connectivity index (χ4n) is 0.513. The molecule has 0 bridgehead atoms. The summed E-state index contributed by atoms with van der Waals surface area (Å²) in [5.74, 6) is -2.74. The summed E-state index contributed by atoms with van der Waals surface area (Å²) in [6, 6.07) is 0. The number of likely N-dealkylation sites (N-methyl/N-ethyl adjacent to an activating group) is 1. The van der Waals surface area contributed by atoms with E-state index in [0.717, 1.165) is 5.06 Å². The van der Waals surface area contributed by atoms with Crippen LogP contribution in [0.3, 0.4) is 0 Å². The number of hydrogen-bond donors (Lipinski definition) is 1. The van der Waals surface area contributed by atoms with Crippen molar-refractivity contribution >= 4 is 17.8 Å². The Balaban J connectivity index is 3.91. The van der Waals surface area contributed by atoms with Gasteiger partial charge in [-0.25, -0.2) is 14.7 Å². The lowest BCUT2D eigenvalue weighted by atomic mass is 10.5. The van der Waals surface area contributed by atoms with Crippen LogP contribution < -0.4 is 0 Å². The van der Waals surface area contributed by atoms with Crippen LogP contribution in [0.4, 0.5) is 0 Å². The van der Waals surface area contributed by atoms with E-state index in [0.29, 0.717) is 12.2 Å². The Morgan fingerprint density at radius 1 is 1.33 bits per heavy atom. The third-order valence-electron chi connectivity index (χ3n) is 1.32. The topological polar surface area (TPSA) is 93.1 Å². The summed E-state index contributed by atoms with van der Waals surface area (Å²) in [5, 5.41) is 9.06. The van der Waals surface area contributed by atoms with Crippen LogP contribution >= 0.6 is 0 Å². The van der Waals surface area contributed by atoms with Crippen LogP contribution in [0.1, 0.15) is 0 Å². The SMILES string of the molecule is CON(C)C(=O)COC(=O)/C=C/C(=O)O. The number of carbonyl (C=O) groups is 3. The highest BCUT2D eigenvalue weighted by molar-refractivity contribution is 5.91. The molecule has 0 spiro atoms. The summed E-state index contributed by atoms with van der Waals surface area (Å²) in [6.45, 7) is -0.507. The second-order valence-corrected chi connectivity index (χ2v) is 2.35. The fourth-order valence-corrected chi connectivity index (χ4v) is 0.513. The van der Waals surface area contributed by atoms with E-state index >= 15 is 0 Å². The van der Waals surface area contributed by atoms with Gasteiger partial charge in [-0.2, -0.15) is 0 Å². The molecule has 7 nitrogen and oxygen atoms in total. The summed E-state index contributed by atoms with van der Waals surface area (Å²) in [6.07, 6.45) is 1.33. The van der Waals surface area contributed by atoms with Gasteiger partial charge in [0, 0.05) is 19.2 Å². The first-order chi connectivity index (χ1) is 6.97. The third-order valence-corrected chi connectivity index (χ3v) is 1.32. The number of aliphatic carboxylic acids is 1. The Morgan fingerprint density at radius 2 is 1.93 bits per heavy atom. The number of amides is 1. The van der Waals surface area contributed by atoms with Crippen molar-refractivity contribution in [1.82, 2.24) is 5.06 Å². The van der Waals surface area contributed by atoms with Gasteiger partial charge in [0.15, 0.2) is 6.61 Å². The highest BCUT2D eigenvalue weighted by Crippen LogP contribution is 1.88. The number of rotatable bonds is 5. The van der Waals surface area contributed by atoms with Crippen molar-refractivity contribution in [2.45, 2.75) is 0 Å². The molecule has 0 aromatic heterocycles. The number of nitrogens with zero attached hydrogens (tertiary/aromatic N) is 1. The quantitative estimate of drug-likeness (QED) is 0.368. The minimum Gasteiger partial charge on any atom is -0.478 e. The van der Waals surface area contributed by atoms with E-state index in [1.54, 1.807) is 0 Å². The number of hydrogen-bond acceptors (Lipinski definition) is 5. The van der Waals surface area contributed by atoms with Crippen molar-refractivity contribution in [3.63, 3.8) is 0 Å². The van der Waals surface area contributed by atoms with Gasteiger partial charge in [-0.15, -0.1) is 0 Å². The smallest absolute Gasteiger partial charge is 0.331 e. The van der Waals surface area contributed by atoms with Gasteiger partial charge in [-0.1, -0.05) is 0 Å². The van der Waals surface area contributed by atoms with Gasteiger partial charge in [-0.3, -0.25) is 9.63 Å². The second-order valence-electron chi connectivity index (χ2n) is 2.35. The molecule has 15 heavy (non-hydrogen) atoms. The number of carboxylic acids is 1. The average molecular weight is 217 g/mol. The largest absolute Gasteiger partial charge is 0.478 e. The van der Waals surface area contributed by atoms with Gasteiger partial charge in [0.2, 0.25) is 0 Å². The summed E-state index contributed by atoms with van der Waals surface area (Å²) in [4.78, 5) is 36.3. The van der Waals surface area contributed by atoms with Crippen LogP contribution in [0.15, 0.2) is 12.2 Å².